The fraction of sp³-hybridized carbons (Fsp3) is 0.269. The third kappa shape index (κ3) is 7.09. The van der Waals surface area contributed by atoms with Crippen molar-refractivity contribution in [2.24, 2.45) is 5.10 Å². The molecule has 0 radical (unpaired) electrons. The molecule has 1 saturated heterocycles. The summed E-state index contributed by atoms with van der Waals surface area (Å²) in [6.45, 7) is 2.95. The maximum Gasteiger partial charge on any atom is 0.411 e. The number of ether oxygens (including phenoxy) is 4. The Bertz CT molecular complexity index is 1170. The zero-order valence-electron chi connectivity index (χ0n) is 19.8. The van der Waals surface area contributed by atoms with Gasteiger partial charge in [-0.05, 0) is 42.8 Å². The summed E-state index contributed by atoms with van der Waals surface area (Å²) in [5.41, 5.74) is 2.51. The summed E-state index contributed by atoms with van der Waals surface area (Å²) in [5.74, 6) is 1.46. The third-order valence-corrected chi connectivity index (χ3v) is 5.27. The molecule has 10 nitrogen and oxygen atoms in total. The molecule has 2 aromatic carbocycles. The largest absolute Gasteiger partial charge is 0.457 e. The molecule has 1 amide bonds. The lowest BCUT2D eigenvalue weighted by molar-refractivity contribution is 0.0222. The molecule has 2 aromatic rings. The summed E-state index contributed by atoms with van der Waals surface area (Å²) in [5, 5.41) is 21.5. The van der Waals surface area contributed by atoms with Crippen molar-refractivity contribution < 1.29 is 23.7 Å². The van der Waals surface area contributed by atoms with Crippen LogP contribution in [0.3, 0.4) is 0 Å². The van der Waals surface area contributed by atoms with E-state index < -0.39 is 6.09 Å². The molecular formula is C26H27N5O5. The Morgan fingerprint density at radius 3 is 2.69 bits per heavy atom. The summed E-state index contributed by atoms with van der Waals surface area (Å²) in [4.78, 5) is 12.2. The second kappa shape index (κ2) is 12.4. The molecule has 2 N–H and O–H groups in total. The van der Waals surface area contributed by atoms with E-state index in [4.69, 9.17) is 18.9 Å². The van der Waals surface area contributed by atoms with Crippen molar-refractivity contribution in [3.05, 3.63) is 77.8 Å². The van der Waals surface area contributed by atoms with Gasteiger partial charge in [0.15, 0.2) is 0 Å². The lowest BCUT2D eigenvalue weighted by atomic mass is 10.2. The van der Waals surface area contributed by atoms with E-state index in [0.717, 1.165) is 11.4 Å². The van der Waals surface area contributed by atoms with Gasteiger partial charge < -0.3 is 24.3 Å². The molecular weight excluding hydrogens is 462 g/mol. The highest BCUT2D eigenvalue weighted by molar-refractivity contribution is 5.86. The summed E-state index contributed by atoms with van der Waals surface area (Å²) < 4.78 is 21.4. The molecule has 2 aliphatic heterocycles. The standard InChI is InChI=1S/C26H27N5O5/c1-2-20(30-26(32)34-17-24-16-33-18-35-24)14-31-15-25(19(12-27)13-28-31)29-21-8-10-23(11-9-21)36-22-6-4-3-5-7-22/h3-11,13-14,24,29H,2,15-18H2,1H3,(H,30,32)/b20-14+. The zero-order valence-corrected chi connectivity index (χ0v) is 19.8. The van der Waals surface area contributed by atoms with Crippen molar-refractivity contribution in [3.63, 3.8) is 0 Å². The predicted octanol–water partition coefficient (Wildman–Crippen LogP) is 4.32. The Kier molecular flexibility index (Phi) is 8.53. The van der Waals surface area contributed by atoms with E-state index in [0.29, 0.717) is 42.3 Å². The van der Waals surface area contributed by atoms with Gasteiger partial charge in [-0.15, -0.1) is 0 Å². The van der Waals surface area contributed by atoms with Crippen LogP contribution in [0.5, 0.6) is 11.5 Å². The van der Waals surface area contributed by atoms with E-state index in [9.17, 15) is 10.1 Å². The van der Waals surface area contributed by atoms with Gasteiger partial charge in [0.2, 0.25) is 0 Å². The minimum Gasteiger partial charge on any atom is -0.457 e. The number of amides is 1. The van der Waals surface area contributed by atoms with Crippen LogP contribution in [0.2, 0.25) is 0 Å². The smallest absolute Gasteiger partial charge is 0.411 e. The van der Waals surface area contributed by atoms with Gasteiger partial charge in [0.25, 0.3) is 0 Å². The average Bonchev–Trinajstić information content (AvgIpc) is 3.43. The average molecular weight is 490 g/mol. The van der Waals surface area contributed by atoms with E-state index in [1.807, 2.05) is 61.5 Å². The van der Waals surface area contributed by atoms with Gasteiger partial charge in [0.1, 0.15) is 37.1 Å². The van der Waals surface area contributed by atoms with Crippen LogP contribution < -0.4 is 15.4 Å². The van der Waals surface area contributed by atoms with Crippen molar-refractivity contribution in [1.82, 2.24) is 10.3 Å². The molecule has 0 aliphatic carbocycles. The SMILES string of the molecule is CC/C(=C\N1CC(Nc2ccc(Oc3ccccc3)cc2)=C(C#N)C=N1)NC(=O)OCC1COCO1. The summed E-state index contributed by atoms with van der Waals surface area (Å²) in [7, 11) is 0. The normalized spacial score (nSPS) is 17.5. The molecule has 0 saturated carbocycles. The number of alkyl carbamates (subject to hydrolysis) is 1. The molecule has 0 spiro atoms. The summed E-state index contributed by atoms with van der Waals surface area (Å²) in [6, 6.07) is 19.1. The fourth-order valence-corrected chi connectivity index (χ4v) is 3.38. The number of benzene rings is 2. The highest BCUT2D eigenvalue weighted by Crippen LogP contribution is 2.24. The second-order valence-corrected chi connectivity index (χ2v) is 7.92. The number of anilines is 1. The molecule has 1 unspecified atom stereocenters. The zero-order chi connectivity index (χ0) is 25.2. The Morgan fingerprint density at radius 1 is 1.22 bits per heavy atom. The first-order valence-electron chi connectivity index (χ1n) is 11.5. The van der Waals surface area contributed by atoms with E-state index >= 15 is 0 Å². The number of hydrazone groups is 1. The Morgan fingerprint density at radius 2 is 2.00 bits per heavy atom. The van der Waals surface area contributed by atoms with E-state index in [-0.39, 0.29) is 19.5 Å². The maximum atomic E-state index is 12.2. The Balaban J connectivity index is 1.35. The monoisotopic (exact) mass is 489 g/mol. The quantitative estimate of drug-likeness (QED) is 0.535. The first kappa shape index (κ1) is 24.8. The predicted molar refractivity (Wildman–Crippen MR) is 133 cm³/mol. The molecule has 0 bridgehead atoms. The van der Waals surface area contributed by atoms with Gasteiger partial charge in [0.05, 0.1) is 30.6 Å². The number of nitriles is 1. The highest BCUT2D eigenvalue weighted by Gasteiger charge is 2.19. The fourth-order valence-electron chi connectivity index (χ4n) is 3.38. The van der Waals surface area contributed by atoms with Crippen molar-refractivity contribution in [3.8, 4) is 17.6 Å². The van der Waals surface area contributed by atoms with Gasteiger partial charge in [-0.3, -0.25) is 10.3 Å². The first-order chi connectivity index (χ1) is 17.6. The van der Waals surface area contributed by atoms with Crippen LogP contribution >= 0.6 is 0 Å². The van der Waals surface area contributed by atoms with Crippen LogP contribution in [0, 0.1) is 11.3 Å². The van der Waals surface area contributed by atoms with Gasteiger partial charge in [-0.2, -0.15) is 10.4 Å². The Labute approximate surface area is 209 Å². The van der Waals surface area contributed by atoms with Crippen LogP contribution in [-0.4, -0.2) is 50.0 Å². The number of hydrogen-bond donors (Lipinski definition) is 2. The van der Waals surface area contributed by atoms with Crippen LogP contribution in [0.15, 0.2) is 82.9 Å². The van der Waals surface area contributed by atoms with Crippen molar-refractivity contribution in [1.29, 1.82) is 5.26 Å². The summed E-state index contributed by atoms with van der Waals surface area (Å²) in [6.07, 6.45) is 2.91. The van der Waals surface area contributed by atoms with Crippen LogP contribution in [0.4, 0.5) is 10.5 Å². The van der Waals surface area contributed by atoms with Crippen LogP contribution in [0.25, 0.3) is 0 Å². The van der Waals surface area contributed by atoms with E-state index in [2.05, 4.69) is 21.8 Å². The van der Waals surface area contributed by atoms with E-state index in [1.165, 1.54) is 6.21 Å². The van der Waals surface area contributed by atoms with Crippen molar-refractivity contribution in [2.75, 3.05) is 31.9 Å². The molecule has 1 atom stereocenters. The molecule has 10 heteroatoms. The van der Waals surface area contributed by atoms with Crippen LogP contribution in [-0.2, 0) is 14.2 Å². The molecule has 2 heterocycles. The number of carbonyl (C=O) groups is 1. The highest BCUT2D eigenvalue weighted by atomic mass is 16.7. The number of allylic oxidation sites excluding steroid dienone is 2. The molecule has 36 heavy (non-hydrogen) atoms. The van der Waals surface area contributed by atoms with Crippen molar-refractivity contribution in [2.45, 2.75) is 19.4 Å². The minimum absolute atomic E-state index is 0.113. The van der Waals surface area contributed by atoms with Gasteiger partial charge >= 0.3 is 6.09 Å². The van der Waals surface area contributed by atoms with Crippen molar-refractivity contribution >= 4 is 18.0 Å². The Hall–Kier alpha value is -4.33. The molecule has 1 fully saturated rings. The summed E-state index contributed by atoms with van der Waals surface area (Å²) >= 11 is 0. The lowest BCUT2D eigenvalue weighted by Crippen LogP contribution is -2.30. The van der Waals surface area contributed by atoms with Gasteiger partial charge in [-0.1, -0.05) is 25.1 Å². The van der Waals surface area contributed by atoms with Gasteiger partial charge in [0, 0.05) is 17.6 Å². The molecule has 4 rings (SSSR count). The number of hydrogen-bond acceptors (Lipinski definition) is 9. The second-order valence-electron chi connectivity index (χ2n) is 7.92. The van der Waals surface area contributed by atoms with E-state index in [1.54, 1.807) is 11.2 Å². The topological polar surface area (TPSA) is 117 Å². The lowest BCUT2D eigenvalue weighted by Gasteiger charge is -2.23. The maximum absolute atomic E-state index is 12.2. The number of nitrogens with one attached hydrogen (secondary N) is 2. The van der Waals surface area contributed by atoms with Gasteiger partial charge in [-0.25, -0.2) is 4.79 Å². The first-order valence-corrected chi connectivity index (χ1v) is 11.5. The number of para-hydroxylation sites is 1. The molecule has 2 aliphatic rings. The number of rotatable bonds is 9. The molecule has 0 aromatic heterocycles. The molecule has 186 valence electrons. The minimum atomic E-state index is -0.580. The number of nitrogens with zero attached hydrogens (tertiary/aromatic N) is 3. The number of carbonyl (C=O) groups excluding carboxylic acids is 1. The van der Waals surface area contributed by atoms with Crippen LogP contribution in [0.1, 0.15) is 13.3 Å². The third-order valence-electron chi connectivity index (χ3n) is 5.27.